The van der Waals surface area contributed by atoms with Crippen LogP contribution in [0.2, 0.25) is 0 Å². The fourth-order valence-electron chi connectivity index (χ4n) is 4.10. The van der Waals surface area contributed by atoms with E-state index in [1.165, 1.54) is 0 Å². The van der Waals surface area contributed by atoms with Crippen molar-refractivity contribution in [3.8, 4) is 0 Å². The lowest BCUT2D eigenvalue weighted by Gasteiger charge is -2.34. The quantitative estimate of drug-likeness (QED) is 0.504. The van der Waals surface area contributed by atoms with Crippen molar-refractivity contribution >= 4 is 38.6 Å². The van der Waals surface area contributed by atoms with Gasteiger partial charge in [-0.25, -0.2) is 9.78 Å². The summed E-state index contributed by atoms with van der Waals surface area (Å²) in [5.74, 6) is -0.355. The Morgan fingerprint density at radius 3 is 2.86 bits per heavy atom. The molecule has 0 unspecified atom stereocenters. The van der Waals surface area contributed by atoms with Gasteiger partial charge in [-0.15, -0.1) is 11.3 Å². The van der Waals surface area contributed by atoms with E-state index in [-0.39, 0.29) is 18.4 Å². The number of hydrogen-bond donors (Lipinski definition) is 0. The molecule has 1 amide bonds. The second-order valence-electron chi connectivity index (χ2n) is 7.36. The Morgan fingerprint density at radius 1 is 1.14 bits per heavy atom. The summed E-state index contributed by atoms with van der Waals surface area (Å²) in [6.07, 6.45) is 3.29. The topological polar surface area (TPSA) is 68.3 Å². The van der Waals surface area contributed by atoms with Gasteiger partial charge >= 0.3 is 5.76 Å². The number of oxazole rings is 1. The number of fused-ring (bicyclic) bond motifs is 2. The molecular weight excluding hydrogens is 386 g/mol. The zero-order chi connectivity index (χ0) is 19.8. The molecule has 2 aromatic heterocycles. The van der Waals surface area contributed by atoms with Gasteiger partial charge in [0.1, 0.15) is 5.01 Å². The van der Waals surface area contributed by atoms with E-state index in [1.807, 2.05) is 41.3 Å². The number of likely N-dealkylation sites (tertiary alicyclic amines) is 1. The maximum absolute atomic E-state index is 13.1. The molecule has 148 valence electrons. The van der Waals surface area contributed by atoms with E-state index in [0.29, 0.717) is 12.1 Å². The van der Waals surface area contributed by atoms with Gasteiger partial charge in [0, 0.05) is 19.5 Å². The van der Waals surface area contributed by atoms with E-state index in [0.717, 1.165) is 46.5 Å². The lowest BCUT2D eigenvalue weighted by atomic mass is 10.0. The van der Waals surface area contributed by atoms with E-state index < -0.39 is 5.76 Å². The van der Waals surface area contributed by atoms with Crippen LogP contribution >= 0.6 is 11.3 Å². The van der Waals surface area contributed by atoms with Crippen LogP contribution < -0.4 is 5.76 Å². The predicted octanol–water partition coefficient (Wildman–Crippen LogP) is 4.35. The average molecular weight is 407 g/mol. The first-order valence-corrected chi connectivity index (χ1v) is 10.8. The van der Waals surface area contributed by atoms with E-state index in [1.54, 1.807) is 22.0 Å². The second kappa shape index (κ2) is 7.48. The zero-order valence-corrected chi connectivity index (χ0v) is 16.7. The molecule has 0 spiro atoms. The first kappa shape index (κ1) is 18.1. The van der Waals surface area contributed by atoms with Crippen LogP contribution in [0.15, 0.2) is 57.7 Å². The summed E-state index contributed by atoms with van der Waals surface area (Å²) in [5, 5.41) is 1.00. The van der Waals surface area contributed by atoms with Crippen molar-refractivity contribution in [2.75, 3.05) is 6.54 Å². The minimum absolute atomic E-state index is 0.0199. The van der Waals surface area contributed by atoms with Gasteiger partial charge in [0.25, 0.3) is 0 Å². The Balaban J connectivity index is 1.37. The molecule has 5 rings (SSSR count). The van der Waals surface area contributed by atoms with Crippen molar-refractivity contribution in [1.82, 2.24) is 14.5 Å². The Hall–Kier alpha value is -2.93. The third-order valence-corrected chi connectivity index (χ3v) is 6.68. The number of amides is 1. The van der Waals surface area contributed by atoms with Gasteiger partial charge < -0.3 is 9.32 Å². The van der Waals surface area contributed by atoms with Crippen LogP contribution in [0.25, 0.3) is 21.3 Å². The largest absolute Gasteiger partial charge is 0.419 e. The number of carbonyl (C=O) groups is 1. The number of aryl methyl sites for hydroxylation is 1. The van der Waals surface area contributed by atoms with Gasteiger partial charge in [-0.3, -0.25) is 9.36 Å². The van der Waals surface area contributed by atoms with E-state index >= 15 is 0 Å². The molecule has 1 saturated heterocycles. The van der Waals surface area contributed by atoms with Crippen LogP contribution in [0, 0.1) is 0 Å². The summed E-state index contributed by atoms with van der Waals surface area (Å²) in [6.45, 7) is 1.05. The molecular formula is C22H21N3O3S. The van der Waals surface area contributed by atoms with Crippen LogP contribution in [0.1, 0.15) is 36.7 Å². The SMILES string of the molecule is O=C(CCn1c(=O)oc2ccccc21)N1CCCC[C@H]1c1nc2ccccc2s1. The molecule has 7 heteroatoms. The number of aromatic nitrogens is 2. The van der Waals surface area contributed by atoms with Gasteiger partial charge in [-0.2, -0.15) is 0 Å². The minimum Gasteiger partial charge on any atom is -0.408 e. The van der Waals surface area contributed by atoms with Gasteiger partial charge in [-0.1, -0.05) is 24.3 Å². The molecule has 3 heterocycles. The van der Waals surface area contributed by atoms with Gasteiger partial charge in [0.15, 0.2) is 5.58 Å². The standard InChI is InChI=1S/C22H21N3O3S/c26-20(12-14-25-16-8-2-3-10-18(16)28-22(25)27)24-13-6-5-9-17(24)21-23-15-7-1-4-11-19(15)29-21/h1-4,7-8,10-11,17H,5-6,9,12-14H2/t17-/m0/s1. The third kappa shape index (κ3) is 3.35. The number of hydrogen-bond acceptors (Lipinski definition) is 5. The summed E-state index contributed by atoms with van der Waals surface area (Å²) in [5.41, 5.74) is 2.27. The first-order valence-electron chi connectivity index (χ1n) is 9.94. The van der Waals surface area contributed by atoms with Crippen LogP contribution in [0.5, 0.6) is 0 Å². The summed E-state index contributed by atoms with van der Waals surface area (Å²) in [4.78, 5) is 32.0. The molecule has 1 fully saturated rings. The summed E-state index contributed by atoms with van der Waals surface area (Å²) in [6, 6.07) is 15.4. The number of nitrogens with zero attached hydrogens (tertiary/aromatic N) is 3. The van der Waals surface area contributed by atoms with Crippen molar-refractivity contribution < 1.29 is 9.21 Å². The summed E-state index contributed by atoms with van der Waals surface area (Å²) < 4.78 is 7.97. The van der Waals surface area contributed by atoms with Crippen molar-refractivity contribution in [2.45, 2.75) is 38.3 Å². The smallest absolute Gasteiger partial charge is 0.408 e. The zero-order valence-electron chi connectivity index (χ0n) is 15.9. The molecule has 0 saturated carbocycles. The number of thiazole rings is 1. The molecule has 0 radical (unpaired) electrons. The number of piperidine rings is 1. The molecule has 0 bridgehead atoms. The van der Waals surface area contributed by atoms with E-state index in [9.17, 15) is 9.59 Å². The van der Waals surface area contributed by atoms with E-state index in [4.69, 9.17) is 9.40 Å². The molecule has 0 aliphatic carbocycles. The predicted molar refractivity (Wildman–Crippen MR) is 113 cm³/mol. The Morgan fingerprint density at radius 2 is 1.97 bits per heavy atom. The minimum atomic E-state index is -0.416. The first-order chi connectivity index (χ1) is 14.2. The van der Waals surface area contributed by atoms with Gasteiger partial charge in [-0.05, 0) is 43.5 Å². The monoisotopic (exact) mass is 407 g/mol. The normalized spacial score (nSPS) is 17.2. The second-order valence-corrected chi connectivity index (χ2v) is 8.42. The highest BCUT2D eigenvalue weighted by atomic mass is 32.1. The van der Waals surface area contributed by atoms with Crippen LogP contribution in [0.4, 0.5) is 0 Å². The Bertz CT molecular complexity index is 1210. The number of rotatable bonds is 4. The fourth-order valence-corrected chi connectivity index (χ4v) is 5.21. The molecule has 1 atom stereocenters. The van der Waals surface area contributed by atoms with Gasteiger partial charge in [0.05, 0.1) is 21.8 Å². The van der Waals surface area contributed by atoms with E-state index in [2.05, 4.69) is 6.07 Å². The Kier molecular flexibility index (Phi) is 4.67. The highest BCUT2D eigenvalue weighted by Gasteiger charge is 2.30. The lowest BCUT2D eigenvalue weighted by molar-refractivity contribution is -0.135. The van der Waals surface area contributed by atoms with Crippen molar-refractivity contribution in [1.29, 1.82) is 0 Å². The molecule has 1 aliphatic rings. The van der Waals surface area contributed by atoms with Crippen molar-refractivity contribution in [3.05, 3.63) is 64.1 Å². The molecule has 29 heavy (non-hydrogen) atoms. The average Bonchev–Trinajstić information content (AvgIpc) is 3.32. The number of carbonyl (C=O) groups excluding carboxylic acids is 1. The Labute approximate surface area is 171 Å². The highest BCUT2D eigenvalue weighted by Crippen LogP contribution is 2.36. The molecule has 2 aromatic carbocycles. The number of benzene rings is 2. The van der Waals surface area contributed by atoms with Crippen LogP contribution in [-0.2, 0) is 11.3 Å². The molecule has 0 N–H and O–H groups in total. The van der Waals surface area contributed by atoms with Gasteiger partial charge in [0.2, 0.25) is 5.91 Å². The fraction of sp³-hybridized carbons (Fsp3) is 0.318. The van der Waals surface area contributed by atoms with Crippen LogP contribution in [-0.4, -0.2) is 26.9 Å². The van der Waals surface area contributed by atoms with Crippen LogP contribution in [0.3, 0.4) is 0 Å². The van der Waals surface area contributed by atoms with Crippen molar-refractivity contribution in [2.24, 2.45) is 0 Å². The summed E-state index contributed by atoms with van der Waals surface area (Å²) in [7, 11) is 0. The summed E-state index contributed by atoms with van der Waals surface area (Å²) >= 11 is 1.67. The molecule has 4 aromatic rings. The molecule has 6 nitrogen and oxygen atoms in total. The lowest BCUT2D eigenvalue weighted by Crippen LogP contribution is -2.39. The highest BCUT2D eigenvalue weighted by molar-refractivity contribution is 7.18. The maximum atomic E-state index is 13.1. The molecule has 1 aliphatic heterocycles. The van der Waals surface area contributed by atoms with Crippen molar-refractivity contribution in [3.63, 3.8) is 0 Å². The number of para-hydroxylation sites is 3. The third-order valence-electron chi connectivity index (χ3n) is 5.54. The maximum Gasteiger partial charge on any atom is 0.419 e.